The molecule has 5 heteroatoms. The van der Waals surface area contributed by atoms with E-state index in [4.69, 9.17) is 21.8 Å². The lowest BCUT2D eigenvalue weighted by Gasteiger charge is -2.35. The van der Waals surface area contributed by atoms with E-state index in [1.54, 1.807) is 6.92 Å². The third-order valence-electron chi connectivity index (χ3n) is 2.41. The molecule has 1 saturated heterocycles. The first-order valence-corrected chi connectivity index (χ1v) is 4.63. The zero-order valence-corrected chi connectivity index (χ0v) is 8.29. The van der Waals surface area contributed by atoms with Crippen molar-refractivity contribution in [1.82, 2.24) is 4.90 Å². The van der Waals surface area contributed by atoms with Gasteiger partial charge in [0.2, 0.25) is 5.91 Å². The number of hydrogen-bond acceptors (Lipinski definition) is 3. The van der Waals surface area contributed by atoms with E-state index < -0.39 is 5.54 Å². The second-order valence-corrected chi connectivity index (χ2v) is 4.24. The number of nitrogens with zero attached hydrogens (tertiary/aromatic N) is 1. The van der Waals surface area contributed by atoms with Crippen molar-refractivity contribution in [3.05, 3.63) is 0 Å². The number of aliphatic hydroxyl groups is 2. The highest BCUT2D eigenvalue weighted by atomic mass is 35.5. The zero-order chi connectivity index (χ0) is 10.1. The number of carbonyl (C=O) groups is 1. The van der Waals surface area contributed by atoms with E-state index in [0.717, 1.165) is 0 Å². The van der Waals surface area contributed by atoms with Crippen molar-refractivity contribution in [2.75, 3.05) is 19.8 Å². The number of carbonyl (C=O) groups excluding carboxylic acids is 1. The molecule has 1 aliphatic heterocycles. The molecule has 13 heavy (non-hydrogen) atoms. The van der Waals surface area contributed by atoms with Gasteiger partial charge in [0.25, 0.3) is 0 Å². The summed E-state index contributed by atoms with van der Waals surface area (Å²) in [6, 6.07) is 0. The van der Waals surface area contributed by atoms with E-state index in [-0.39, 0.29) is 30.9 Å². The van der Waals surface area contributed by atoms with Crippen molar-refractivity contribution in [3.63, 3.8) is 0 Å². The maximum Gasteiger partial charge on any atom is 0.224 e. The Kier molecular flexibility index (Phi) is 3.16. The SMILES string of the molecule is CC(CO)(CO)N1CC(Cl)CC1=O. The van der Waals surface area contributed by atoms with Crippen LogP contribution >= 0.6 is 11.6 Å². The fourth-order valence-corrected chi connectivity index (χ4v) is 1.68. The summed E-state index contributed by atoms with van der Waals surface area (Å²) >= 11 is 5.80. The minimum absolute atomic E-state index is 0.106. The standard InChI is InChI=1S/C8H14ClNO3/c1-8(4-11,5-12)10-3-6(9)2-7(10)13/h6,11-12H,2-5H2,1H3. The van der Waals surface area contributed by atoms with E-state index >= 15 is 0 Å². The van der Waals surface area contributed by atoms with Gasteiger partial charge in [-0.25, -0.2) is 0 Å². The fourth-order valence-electron chi connectivity index (χ4n) is 1.41. The van der Waals surface area contributed by atoms with Gasteiger partial charge in [-0.05, 0) is 6.92 Å². The zero-order valence-electron chi connectivity index (χ0n) is 7.53. The second-order valence-electron chi connectivity index (χ2n) is 3.62. The van der Waals surface area contributed by atoms with Crippen molar-refractivity contribution in [3.8, 4) is 0 Å². The molecule has 1 heterocycles. The molecule has 0 spiro atoms. The number of likely N-dealkylation sites (tertiary alicyclic amines) is 1. The number of alkyl halides is 1. The van der Waals surface area contributed by atoms with E-state index in [0.29, 0.717) is 6.54 Å². The first-order valence-electron chi connectivity index (χ1n) is 4.20. The smallest absolute Gasteiger partial charge is 0.224 e. The van der Waals surface area contributed by atoms with Gasteiger partial charge in [0, 0.05) is 13.0 Å². The molecule has 0 aromatic rings. The molecule has 0 aromatic carbocycles. The Labute approximate surface area is 82.1 Å². The highest BCUT2D eigenvalue weighted by Crippen LogP contribution is 2.24. The van der Waals surface area contributed by atoms with Gasteiger partial charge in [-0.15, -0.1) is 11.6 Å². The molecule has 0 aromatic heterocycles. The number of amides is 1. The number of aliphatic hydroxyl groups excluding tert-OH is 2. The summed E-state index contributed by atoms with van der Waals surface area (Å²) in [5.41, 5.74) is -0.874. The molecular formula is C8H14ClNO3. The molecule has 76 valence electrons. The summed E-state index contributed by atoms with van der Waals surface area (Å²) < 4.78 is 0. The van der Waals surface area contributed by atoms with Gasteiger partial charge in [0.1, 0.15) is 0 Å². The van der Waals surface area contributed by atoms with Crippen LogP contribution in [0, 0.1) is 0 Å². The Hall–Kier alpha value is -0.320. The summed E-state index contributed by atoms with van der Waals surface area (Å²) in [6.45, 7) is 1.54. The molecule has 1 atom stereocenters. The minimum atomic E-state index is -0.874. The third kappa shape index (κ3) is 1.95. The number of hydrogen-bond donors (Lipinski definition) is 2. The average Bonchev–Trinajstić information content (AvgIpc) is 2.44. The Bertz CT molecular complexity index is 206. The lowest BCUT2D eigenvalue weighted by Crippen LogP contribution is -2.52. The Morgan fingerprint density at radius 2 is 2.15 bits per heavy atom. The Morgan fingerprint density at radius 1 is 1.62 bits per heavy atom. The minimum Gasteiger partial charge on any atom is -0.394 e. The molecule has 0 bridgehead atoms. The summed E-state index contributed by atoms with van der Waals surface area (Å²) in [4.78, 5) is 12.8. The molecule has 1 aliphatic rings. The second kappa shape index (κ2) is 3.82. The summed E-state index contributed by atoms with van der Waals surface area (Å²) in [5, 5.41) is 17.9. The van der Waals surface area contributed by atoms with E-state index in [1.165, 1.54) is 4.90 Å². The molecule has 0 aliphatic carbocycles. The van der Waals surface area contributed by atoms with Crippen LogP contribution in [0.2, 0.25) is 0 Å². The molecule has 2 N–H and O–H groups in total. The van der Waals surface area contributed by atoms with E-state index in [1.807, 2.05) is 0 Å². The summed E-state index contributed by atoms with van der Waals surface area (Å²) in [6.07, 6.45) is 0.289. The topological polar surface area (TPSA) is 60.8 Å². The average molecular weight is 208 g/mol. The quantitative estimate of drug-likeness (QED) is 0.618. The Morgan fingerprint density at radius 3 is 2.46 bits per heavy atom. The molecule has 0 radical (unpaired) electrons. The van der Waals surface area contributed by atoms with Gasteiger partial charge < -0.3 is 15.1 Å². The summed E-state index contributed by atoms with van der Waals surface area (Å²) in [5.74, 6) is -0.106. The third-order valence-corrected chi connectivity index (χ3v) is 2.70. The fraction of sp³-hybridized carbons (Fsp3) is 0.875. The maximum atomic E-state index is 11.4. The van der Waals surface area contributed by atoms with Gasteiger partial charge in [-0.3, -0.25) is 4.79 Å². The van der Waals surface area contributed by atoms with Crippen LogP contribution in [0.25, 0.3) is 0 Å². The van der Waals surface area contributed by atoms with Gasteiger partial charge in [-0.1, -0.05) is 0 Å². The first-order chi connectivity index (χ1) is 6.03. The predicted octanol–water partition coefficient (Wildman–Crippen LogP) is -0.431. The molecule has 4 nitrogen and oxygen atoms in total. The lowest BCUT2D eigenvalue weighted by molar-refractivity contribution is -0.136. The first kappa shape index (κ1) is 10.8. The molecular weight excluding hydrogens is 194 g/mol. The Balaban J connectivity index is 2.75. The van der Waals surface area contributed by atoms with Gasteiger partial charge in [0.05, 0.1) is 24.1 Å². The van der Waals surface area contributed by atoms with Crippen molar-refractivity contribution < 1.29 is 15.0 Å². The lowest BCUT2D eigenvalue weighted by atomic mass is 10.0. The monoisotopic (exact) mass is 207 g/mol. The van der Waals surface area contributed by atoms with Crippen molar-refractivity contribution in [1.29, 1.82) is 0 Å². The van der Waals surface area contributed by atoms with Gasteiger partial charge in [-0.2, -0.15) is 0 Å². The molecule has 1 fully saturated rings. The molecule has 1 amide bonds. The van der Waals surface area contributed by atoms with Crippen molar-refractivity contribution >= 4 is 17.5 Å². The van der Waals surface area contributed by atoms with Crippen LogP contribution in [-0.4, -0.2) is 51.7 Å². The van der Waals surface area contributed by atoms with Crippen LogP contribution in [0.15, 0.2) is 0 Å². The normalized spacial score (nSPS) is 24.2. The molecule has 1 unspecified atom stereocenters. The van der Waals surface area contributed by atoms with Crippen molar-refractivity contribution in [2.24, 2.45) is 0 Å². The largest absolute Gasteiger partial charge is 0.394 e. The highest BCUT2D eigenvalue weighted by molar-refractivity contribution is 6.22. The van der Waals surface area contributed by atoms with E-state index in [2.05, 4.69) is 0 Å². The van der Waals surface area contributed by atoms with Crippen LogP contribution in [0.5, 0.6) is 0 Å². The van der Waals surface area contributed by atoms with Crippen molar-refractivity contribution in [2.45, 2.75) is 24.3 Å². The van der Waals surface area contributed by atoms with Gasteiger partial charge >= 0.3 is 0 Å². The number of rotatable bonds is 3. The van der Waals surface area contributed by atoms with Crippen LogP contribution in [0.3, 0.4) is 0 Å². The summed E-state index contributed by atoms with van der Waals surface area (Å²) in [7, 11) is 0. The van der Waals surface area contributed by atoms with Gasteiger partial charge in [0.15, 0.2) is 0 Å². The van der Waals surface area contributed by atoms with Crippen LogP contribution in [-0.2, 0) is 4.79 Å². The van der Waals surface area contributed by atoms with Crippen LogP contribution in [0.4, 0.5) is 0 Å². The van der Waals surface area contributed by atoms with Crippen LogP contribution in [0.1, 0.15) is 13.3 Å². The molecule has 1 rings (SSSR count). The molecule has 0 saturated carbocycles. The number of halogens is 1. The highest BCUT2D eigenvalue weighted by Gasteiger charge is 2.40. The van der Waals surface area contributed by atoms with Crippen LogP contribution < -0.4 is 0 Å². The van der Waals surface area contributed by atoms with E-state index in [9.17, 15) is 4.79 Å². The predicted molar refractivity (Wildman–Crippen MR) is 48.5 cm³/mol. The maximum absolute atomic E-state index is 11.4.